The normalized spacial score (nSPS) is 11.1. The van der Waals surface area contributed by atoms with Gasteiger partial charge in [0.05, 0.1) is 7.11 Å². The van der Waals surface area contributed by atoms with E-state index in [1.165, 1.54) is 5.56 Å². The summed E-state index contributed by atoms with van der Waals surface area (Å²) in [6.07, 6.45) is 2.52. The Kier molecular flexibility index (Phi) is 4.28. The smallest absolute Gasteiger partial charge is 0.141 e. The Morgan fingerprint density at radius 1 is 1.09 bits per heavy atom. The first-order valence-corrected chi connectivity index (χ1v) is 7.99. The maximum absolute atomic E-state index is 10.1. The van der Waals surface area contributed by atoms with Gasteiger partial charge in [-0.1, -0.05) is 25.5 Å². The molecule has 3 aromatic rings. The molecule has 0 spiro atoms. The third-order valence-electron chi connectivity index (χ3n) is 4.31. The molecule has 0 amide bonds. The van der Waals surface area contributed by atoms with Crippen LogP contribution in [0.1, 0.15) is 35.8 Å². The fourth-order valence-electron chi connectivity index (χ4n) is 2.97. The van der Waals surface area contributed by atoms with Crippen LogP contribution in [0, 0.1) is 6.92 Å². The summed E-state index contributed by atoms with van der Waals surface area (Å²) in [5.41, 5.74) is 4.06. The molecule has 120 valence electrons. The zero-order chi connectivity index (χ0) is 16.4. The molecule has 3 nitrogen and oxygen atoms in total. The molecule has 0 bridgehead atoms. The summed E-state index contributed by atoms with van der Waals surface area (Å²) < 4.78 is 11.3. The van der Waals surface area contributed by atoms with Crippen LogP contribution in [-0.4, -0.2) is 12.2 Å². The van der Waals surface area contributed by atoms with Crippen LogP contribution >= 0.6 is 0 Å². The molecule has 0 aliphatic carbocycles. The molecule has 0 saturated carbocycles. The molecule has 2 aromatic carbocycles. The van der Waals surface area contributed by atoms with Gasteiger partial charge in [-0.15, -0.1) is 0 Å². The van der Waals surface area contributed by atoms with Crippen LogP contribution in [0.25, 0.3) is 11.0 Å². The van der Waals surface area contributed by atoms with Crippen molar-refractivity contribution in [1.29, 1.82) is 0 Å². The Hall–Kier alpha value is -2.42. The van der Waals surface area contributed by atoms with Crippen LogP contribution in [0.3, 0.4) is 0 Å². The maximum atomic E-state index is 10.1. The summed E-state index contributed by atoms with van der Waals surface area (Å²) in [4.78, 5) is 0. The van der Waals surface area contributed by atoms with Gasteiger partial charge < -0.3 is 14.3 Å². The summed E-state index contributed by atoms with van der Waals surface area (Å²) in [7, 11) is 1.67. The minimum absolute atomic E-state index is 0.323. The standard InChI is InChI=1S/C20H22O3/c1-4-5-17-18(21)11-10-16-13(2)19(23-20(16)17)12-14-6-8-15(22-3)9-7-14/h6-11,21H,4-5,12H2,1-3H3. The van der Waals surface area contributed by atoms with Crippen molar-refractivity contribution in [1.82, 2.24) is 0 Å². The van der Waals surface area contributed by atoms with E-state index in [2.05, 4.69) is 26.0 Å². The number of furan rings is 1. The van der Waals surface area contributed by atoms with Crippen LogP contribution in [0.2, 0.25) is 0 Å². The van der Waals surface area contributed by atoms with Crippen molar-refractivity contribution in [3.8, 4) is 11.5 Å². The summed E-state index contributed by atoms with van der Waals surface area (Å²) >= 11 is 0. The molecular formula is C20H22O3. The minimum atomic E-state index is 0.323. The maximum Gasteiger partial charge on any atom is 0.141 e. The number of aryl methyl sites for hydroxylation is 2. The molecule has 0 aliphatic heterocycles. The van der Waals surface area contributed by atoms with Gasteiger partial charge in [-0.2, -0.15) is 0 Å². The van der Waals surface area contributed by atoms with E-state index >= 15 is 0 Å². The van der Waals surface area contributed by atoms with Crippen molar-refractivity contribution in [2.45, 2.75) is 33.1 Å². The minimum Gasteiger partial charge on any atom is -0.508 e. The number of benzene rings is 2. The second kappa shape index (κ2) is 6.37. The topological polar surface area (TPSA) is 42.6 Å². The first-order valence-electron chi connectivity index (χ1n) is 7.99. The summed E-state index contributed by atoms with van der Waals surface area (Å²) in [5, 5.41) is 11.2. The lowest BCUT2D eigenvalue weighted by Crippen LogP contribution is -1.89. The molecule has 0 aliphatic rings. The van der Waals surface area contributed by atoms with Crippen LogP contribution in [0.5, 0.6) is 11.5 Å². The summed E-state index contributed by atoms with van der Waals surface area (Å²) in [6.45, 7) is 4.18. The van der Waals surface area contributed by atoms with E-state index in [4.69, 9.17) is 9.15 Å². The van der Waals surface area contributed by atoms with Crippen LogP contribution in [-0.2, 0) is 12.8 Å². The van der Waals surface area contributed by atoms with Gasteiger partial charge >= 0.3 is 0 Å². The molecule has 3 heteroatoms. The van der Waals surface area contributed by atoms with Crippen LogP contribution < -0.4 is 4.74 Å². The SMILES string of the molecule is CCCc1c(O)ccc2c(C)c(Cc3ccc(OC)cc3)oc12. The quantitative estimate of drug-likeness (QED) is 0.721. The van der Waals surface area contributed by atoms with Gasteiger partial charge in [-0.25, -0.2) is 0 Å². The van der Waals surface area contributed by atoms with Crippen LogP contribution in [0.15, 0.2) is 40.8 Å². The fraction of sp³-hybridized carbons (Fsp3) is 0.300. The van der Waals surface area contributed by atoms with E-state index in [1.54, 1.807) is 13.2 Å². The Morgan fingerprint density at radius 2 is 1.83 bits per heavy atom. The zero-order valence-corrected chi connectivity index (χ0v) is 13.8. The number of methoxy groups -OCH3 is 1. The van der Waals surface area contributed by atoms with Gasteiger partial charge in [0, 0.05) is 17.4 Å². The average molecular weight is 310 g/mol. The monoisotopic (exact) mass is 310 g/mol. The first-order chi connectivity index (χ1) is 11.1. The third-order valence-corrected chi connectivity index (χ3v) is 4.31. The molecule has 1 N–H and O–H groups in total. The van der Waals surface area contributed by atoms with Gasteiger partial charge in [0.25, 0.3) is 0 Å². The van der Waals surface area contributed by atoms with E-state index < -0.39 is 0 Å². The second-order valence-electron chi connectivity index (χ2n) is 5.87. The number of phenols is 1. The van der Waals surface area contributed by atoms with Crippen molar-refractivity contribution in [3.63, 3.8) is 0 Å². The molecular weight excluding hydrogens is 288 g/mol. The summed E-state index contributed by atoms with van der Waals surface area (Å²) in [6, 6.07) is 11.7. The summed E-state index contributed by atoms with van der Waals surface area (Å²) in [5.74, 6) is 2.13. The highest BCUT2D eigenvalue weighted by molar-refractivity contribution is 5.86. The van der Waals surface area contributed by atoms with Crippen molar-refractivity contribution < 1.29 is 14.3 Å². The molecule has 1 heterocycles. The molecule has 3 rings (SSSR count). The lowest BCUT2D eigenvalue weighted by Gasteiger charge is -2.03. The Balaban J connectivity index is 2.00. The molecule has 0 fully saturated rings. The number of hydrogen-bond donors (Lipinski definition) is 1. The highest BCUT2D eigenvalue weighted by atomic mass is 16.5. The number of hydrogen-bond acceptors (Lipinski definition) is 3. The van der Waals surface area contributed by atoms with E-state index in [-0.39, 0.29) is 0 Å². The number of ether oxygens (including phenoxy) is 1. The third kappa shape index (κ3) is 2.91. The number of phenolic OH excluding ortho intramolecular Hbond substituents is 1. The number of rotatable bonds is 5. The predicted octanol–water partition coefficient (Wildman–Crippen LogP) is 5.00. The molecule has 1 aromatic heterocycles. The number of aromatic hydroxyl groups is 1. The van der Waals surface area contributed by atoms with E-state index in [0.717, 1.165) is 52.9 Å². The zero-order valence-electron chi connectivity index (χ0n) is 13.8. The van der Waals surface area contributed by atoms with Gasteiger partial charge in [-0.05, 0) is 48.7 Å². The lowest BCUT2D eigenvalue weighted by atomic mass is 10.0. The van der Waals surface area contributed by atoms with E-state index in [9.17, 15) is 5.11 Å². The highest BCUT2D eigenvalue weighted by Gasteiger charge is 2.16. The molecule has 0 atom stereocenters. The fourth-order valence-corrected chi connectivity index (χ4v) is 2.97. The Labute approximate surface area is 136 Å². The Bertz CT molecular complexity index is 813. The molecule has 0 radical (unpaired) electrons. The largest absolute Gasteiger partial charge is 0.508 e. The lowest BCUT2D eigenvalue weighted by molar-refractivity contribution is 0.414. The van der Waals surface area contributed by atoms with Gasteiger partial charge in [0.15, 0.2) is 0 Å². The number of fused-ring (bicyclic) bond motifs is 1. The van der Waals surface area contributed by atoms with Crippen molar-refractivity contribution in [2.75, 3.05) is 7.11 Å². The van der Waals surface area contributed by atoms with Crippen molar-refractivity contribution in [3.05, 3.63) is 58.8 Å². The predicted molar refractivity (Wildman–Crippen MR) is 92.4 cm³/mol. The molecule has 0 saturated heterocycles. The average Bonchev–Trinajstić information content (AvgIpc) is 2.87. The Morgan fingerprint density at radius 3 is 2.48 bits per heavy atom. The van der Waals surface area contributed by atoms with E-state index in [1.807, 2.05) is 18.2 Å². The highest BCUT2D eigenvalue weighted by Crippen LogP contribution is 2.34. The van der Waals surface area contributed by atoms with Crippen LogP contribution in [0.4, 0.5) is 0 Å². The molecule has 0 unspecified atom stereocenters. The van der Waals surface area contributed by atoms with Gasteiger partial charge in [-0.3, -0.25) is 0 Å². The van der Waals surface area contributed by atoms with E-state index in [0.29, 0.717) is 5.75 Å². The van der Waals surface area contributed by atoms with Gasteiger partial charge in [0.1, 0.15) is 22.8 Å². The van der Waals surface area contributed by atoms with Gasteiger partial charge in [0.2, 0.25) is 0 Å². The van der Waals surface area contributed by atoms with Crippen molar-refractivity contribution >= 4 is 11.0 Å². The second-order valence-corrected chi connectivity index (χ2v) is 5.87. The molecule has 23 heavy (non-hydrogen) atoms. The van der Waals surface area contributed by atoms with Crippen molar-refractivity contribution in [2.24, 2.45) is 0 Å². The first kappa shape index (κ1) is 15.5.